The molecule has 0 atom stereocenters. The summed E-state index contributed by atoms with van der Waals surface area (Å²) >= 11 is 0. The van der Waals surface area contributed by atoms with Crippen molar-refractivity contribution in [2.75, 3.05) is 0 Å². The molecule has 6 aromatic rings. The van der Waals surface area contributed by atoms with Crippen molar-refractivity contribution in [2.24, 2.45) is 0 Å². The van der Waals surface area contributed by atoms with Crippen LogP contribution in [-0.2, 0) is 0 Å². The average Bonchev–Trinajstić information content (AvgIpc) is 3.03. The van der Waals surface area contributed by atoms with E-state index >= 15 is 0 Å². The maximum Gasteiger partial charge on any atom is 0.312 e. The van der Waals surface area contributed by atoms with Crippen LogP contribution in [0.4, 0.5) is 0 Å². The van der Waals surface area contributed by atoms with E-state index in [4.69, 9.17) is 0 Å². The lowest BCUT2D eigenvalue weighted by Gasteiger charge is -2.27. The number of rotatable bonds is 3. The molecular weight excluding hydrogens is 481 g/mol. The highest BCUT2D eigenvalue weighted by Gasteiger charge is 2.23. The molecule has 0 aromatic heterocycles. The first kappa shape index (κ1) is 22.9. The third-order valence-electron chi connectivity index (χ3n) is 8.29. The van der Waals surface area contributed by atoms with Crippen molar-refractivity contribution in [1.29, 1.82) is 0 Å². The summed E-state index contributed by atoms with van der Waals surface area (Å²) in [4.78, 5) is 2.25. The second-order valence-corrected chi connectivity index (χ2v) is 10.5. The number of nitrogens with zero attached hydrogens (tertiary/aromatic N) is 1. The molecule has 40 heavy (non-hydrogen) atoms. The minimum atomic E-state index is 0.240. The van der Waals surface area contributed by atoms with Gasteiger partial charge >= 0.3 is 6.85 Å². The van der Waals surface area contributed by atoms with E-state index < -0.39 is 0 Å². The van der Waals surface area contributed by atoms with Crippen LogP contribution in [0, 0.1) is 0 Å². The minimum absolute atomic E-state index is 0.240. The number of fused-ring (bicyclic) bond motifs is 4. The highest BCUT2D eigenvalue weighted by atomic mass is 15.0. The zero-order valence-electron chi connectivity index (χ0n) is 22.0. The van der Waals surface area contributed by atoms with E-state index in [2.05, 4.69) is 163 Å². The predicted octanol–water partition coefficient (Wildman–Crippen LogP) is 9.85. The fourth-order valence-electron chi connectivity index (χ4n) is 6.43. The molecule has 0 saturated heterocycles. The summed E-state index contributed by atoms with van der Waals surface area (Å²) in [5, 5.41) is 7.69. The topological polar surface area (TPSA) is 3.24 Å². The van der Waals surface area contributed by atoms with Gasteiger partial charge in [0.05, 0.1) is 0 Å². The van der Waals surface area contributed by atoms with Gasteiger partial charge in [-0.25, -0.2) is 0 Å². The van der Waals surface area contributed by atoms with Crippen molar-refractivity contribution >= 4 is 44.7 Å². The van der Waals surface area contributed by atoms with Gasteiger partial charge in [0.1, 0.15) is 0 Å². The molecule has 0 spiro atoms. The molecule has 0 bridgehead atoms. The number of benzene rings is 6. The number of hydrogen-bond acceptors (Lipinski definition) is 1. The van der Waals surface area contributed by atoms with Crippen LogP contribution < -0.4 is 0 Å². The van der Waals surface area contributed by atoms with Crippen LogP contribution >= 0.6 is 0 Å². The third kappa shape index (κ3) is 3.65. The molecule has 2 aliphatic heterocycles. The summed E-state index contributed by atoms with van der Waals surface area (Å²) in [7, 11) is 0. The normalized spacial score (nSPS) is 14.2. The molecule has 6 aromatic carbocycles. The zero-order valence-corrected chi connectivity index (χ0v) is 22.0. The van der Waals surface area contributed by atoms with E-state index in [1.54, 1.807) is 0 Å². The minimum Gasteiger partial charge on any atom is -0.390 e. The molecule has 0 radical (unpaired) electrons. The Kier molecular flexibility index (Phi) is 5.31. The molecule has 186 valence electrons. The Morgan fingerprint density at radius 2 is 1.07 bits per heavy atom. The van der Waals surface area contributed by atoms with Crippen LogP contribution in [0.5, 0.6) is 0 Å². The molecule has 0 unspecified atom stereocenters. The van der Waals surface area contributed by atoms with Gasteiger partial charge in [0.25, 0.3) is 0 Å². The predicted molar refractivity (Wildman–Crippen MR) is 173 cm³/mol. The smallest absolute Gasteiger partial charge is 0.312 e. The highest BCUT2D eigenvalue weighted by Crippen LogP contribution is 2.43. The molecule has 8 rings (SSSR count). The van der Waals surface area contributed by atoms with Crippen molar-refractivity contribution in [3.05, 3.63) is 163 Å². The van der Waals surface area contributed by atoms with Gasteiger partial charge in [-0.1, -0.05) is 133 Å². The molecule has 2 heteroatoms. The molecule has 2 heterocycles. The Morgan fingerprint density at radius 3 is 1.80 bits per heavy atom. The van der Waals surface area contributed by atoms with Crippen LogP contribution in [0.1, 0.15) is 5.56 Å². The molecular formula is C38H26BN. The Bertz CT molecular complexity index is 2000. The zero-order chi connectivity index (χ0) is 26.5. The van der Waals surface area contributed by atoms with Crippen LogP contribution in [0.15, 0.2) is 158 Å². The van der Waals surface area contributed by atoms with E-state index in [-0.39, 0.29) is 6.85 Å². The van der Waals surface area contributed by atoms with E-state index in [1.165, 1.54) is 65.7 Å². The summed E-state index contributed by atoms with van der Waals surface area (Å²) in [5.41, 5.74) is 7.62. The van der Waals surface area contributed by atoms with E-state index in [0.717, 1.165) is 0 Å². The van der Waals surface area contributed by atoms with Crippen molar-refractivity contribution in [2.45, 2.75) is 0 Å². The fourth-order valence-corrected chi connectivity index (χ4v) is 6.43. The first-order valence-electron chi connectivity index (χ1n) is 13.9. The summed E-state index contributed by atoms with van der Waals surface area (Å²) < 4.78 is 0. The molecule has 2 aliphatic rings. The van der Waals surface area contributed by atoms with Crippen molar-refractivity contribution in [1.82, 2.24) is 4.81 Å². The molecule has 0 saturated carbocycles. The Labute approximate surface area is 234 Å². The van der Waals surface area contributed by atoms with Crippen LogP contribution in [0.2, 0.25) is 0 Å². The first-order chi connectivity index (χ1) is 19.8. The van der Waals surface area contributed by atoms with Crippen LogP contribution in [0.25, 0.3) is 60.1 Å². The second kappa shape index (κ2) is 9.29. The fraction of sp³-hybridized carbons (Fsp3) is 0. The number of hydrogen-bond donors (Lipinski definition) is 0. The molecule has 0 fully saturated rings. The van der Waals surface area contributed by atoms with Crippen LogP contribution in [0.3, 0.4) is 0 Å². The largest absolute Gasteiger partial charge is 0.390 e. The van der Waals surface area contributed by atoms with Crippen molar-refractivity contribution in [3.8, 4) is 22.3 Å². The van der Waals surface area contributed by atoms with Gasteiger partial charge in [0.15, 0.2) is 0 Å². The van der Waals surface area contributed by atoms with Crippen molar-refractivity contribution < 1.29 is 0 Å². The highest BCUT2D eigenvalue weighted by molar-refractivity contribution is 6.69. The van der Waals surface area contributed by atoms with Gasteiger partial charge in [-0.2, -0.15) is 0 Å². The lowest BCUT2D eigenvalue weighted by atomic mass is 9.57. The Balaban J connectivity index is 1.32. The standard InChI is InChI=1S/C38H26BN/c1-2-12-31-27(10-1)11-9-17-32(31)28-18-20-29(21-19-28)37-33-13-3-5-15-35(33)38(36-16-6-4-14-34(36)37)30-22-25-40-24-8-7-23-39(40)26-30/h1-26H. The van der Waals surface area contributed by atoms with Crippen LogP contribution in [-0.4, -0.2) is 11.7 Å². The van der Waals surface area contributed by atoms with E-state index in [0.29, 0.717) is 0 Å². The number of allylic oxidation sites excluding steroid dienone is 4. The lowest BCUT2D eigenvalue weighted by molar-refractivity contribution is 0.792. The maximum atomic E-state index is 2.38. The molecule has 0 N–H and O–H groups in total. The van der Waals surface area contributed by atoms with Gasteiger partial charge in [-0.05, 0) is 90.3 Å². The maximum absolute atomic E-state index is 2.38. The summed E-state index contributed by atoms with van der Waals surface area (Å²) in [5.74, 6) is 4.63. The first-order valence-corrected chi connectivity index (χ1v) is 13.9. The van der Waals surface area contributed by atoms with Gasteiger partial charge in [0, 0.05) is 0 Å². The van der Waals surface area contributed by atoms with Gasteiger partial charge in [0.2, 0.25) is 0 Å². The second-order valence-electron chi connectivity index (χ2n) is 10.5. The average molecular weight is 507 g/mol. The van der Waals surface area contributed by atoms with Gasteiger partial charge in [-0.15, -0.1) is 0 Å². The van der Waals surface area contributed by atoms with E-state index in [1.807, 2.05) is 0 Å². The molecule has 1 nitrogen and oxygen atoms in total. The third-order valence-corrected chi connectivity index (χ3v) is 8.29. The molecule has 0 amide bonds. The van der Waals surface area contributed by atoms with Gasteiger partial charge < -0.3 is 4.81 Å². The van der Waals surface area contributed by atoms with E-state index in [9.17, 15) is 0 Å². The van der Waals surface area contributed by atoms with Crippen molar-refractivity contribution in [3.63, 3.8) is 0 Å². The Hall–Kier alpha value is -5.08. The quantitative estimate of drug-likeness (QED) is 0.170. The summed E-state index contributed by atoms with van der Waals surface area (Å²) in [6.45, 7) is 0.240. The Morgan fingerprint density at radius 1 is 0.475 bits per heavy atom. The SMILES string of the molecule is C1=CB2C=C(c3c4ccccc4c(-c4ccc(-c5cccc6ccccc56)cc4)c4ccccc34)C=CN2C=C1. The molecule has 0 aliphatic carbocycles. The summed E-state index contributed by atoms with van der Waals surface area (Å²) in [6.07, 6.45) is 10.8. The summed E-state index contributed by atoms with van der Waals surface area (Å²) in [6, 6.07) is 42.1. The van der Waals surface area contributed by atoms with Gasteiger partial charge in [-0.3, -0.25) is 0 Å². The lowest BCUT2D eigenvalue weighted by Crippen LogP contribution is -2.31. The monoisotopic (exact) mass is 507 g/mol.